The molecule has 0 radical (unpaired) electrons. The SMILES string of the molecule is CC(C)=CC(=O)Cc1cccc(Cl)c1. The molecule has 0 amide bonds. The lowest BCUT2D eigenvalue weighted by atomic mass is 10.1. The molecule has 0 unspecified atom stereocenters. The topological polar surface area (TPSA) is 17.1 Å². The van der Waals surface area contributed by atoms with Crippen LogP contribution in [-0.4, -0.2) is 5.78 Å². The highest BCUT2D eigenvalue weighted by molar-refractivity contribution is 6.30. The number of carbonyl (C=O) groups excluding carboxylic acids is 1. The highest BCUT2D eigenvalue weighted by Gasteiger charge is 2.00. The predicted octanol–water partition coefficient (Wildman–Crippen LogP) is 3.42. The van der Waals surface area contributed by atoms with Crippen molar-refractivity contribution in [2.24, 2.45) is 0 Å². The van der Waals surface area contributed by atoms with Crippen LogP contribution in [0.15, 0.2) is 35.9 Å². The van der Waals surface area contributed by atoms with E-state index in [0.29, 0.717) is 11.4 Å². The fraction of sp³-hybridized carbons (Fsp3) is 0.250. The van der Waals surface area contributed by atoms with Crippen molar-refractivity contribution >= 4 is 17.4 Å². The van der Waals surface area contributed by atoms with Crippen LogP contribution in [0.1, 0.15) is 19.4 Å². The molecule has 1 aromatic rings. The second-order valence-corrected chi connectivity index (χ2v) is 3.93. The Kier molecular flexibility index (Phi) is 3.90. The van der Waals surface area contributed by atoms with Gasteiger partial charge in [0.05, 0.1) is 0 Å². The molecule has 1 aromatic carbocycles. The van der Waals surface area contributed by atoms with Gasteiger partial charge in [0.15, 0.2) is 5.78 Å². The Bertz CT molecular complexity index is 362. The summed E-state index contributed by atoms with van der Waals surface area (Å²) >= 11 is 5.81. The zero-order chi connectivity index (χ0) is 10.6. The van der Waals surface area contributed by atoms with Crippen LogP contribution in [-0.2, 0) is 11.2 Å². The Morgan fingerprint density at radius 3 is 2.71 bits per heavy atom. The minimum absolute atomic E-state index is 0.118. The van der Waals surface area contributed by atoms with E-state index in [0.717, 1.165) is 11.1 Å². The standard InChI is InChI=1S/C12H13ClO/c1-9(2)6-12(14)8-10-4-3-5-11(13)7-10/h3-7H,8H2,1-2H3. The van der Waals surface area contributed by atoms with E-state index < -0.39 is 0 Å². The highest BCUT2D eigenvalue weighted by Crippen LogP contribution is 2.11. The fourth-order valence-electron chi connectivity index (χ4n) is 1.22. The molecular formula is C12H13ClO. The molecule has 0 bridgehead atoms. The second-order valence-electron chi connectivity index (χ2n) is 3.49. The summed E-state index contributed by atoms with van der Waals surface area (Å²) in [6.45, 7) is 3.83. The van der Waals surface area contributed by atoms with E-state index >= 15 is 0 Å². The summed E-state index contributed by atoms with van der Waals surface area (Å²) in [7, 11) is 0. The molecule has 1 rings (SSSR count). The molecule has 1 nitrogen and oxygen atoms in total. The maximum atomic E-state index is 11.4. The third-order valence-corrected chi connectivity index (χ3v) is 1.95. The summed E-state index contributed by atoms with van der Waals surface area (Å²) in [4.78, 5) is 11.4. The van der Waals surface area contributed by atoms with E-state index in [1.807, 2.05) is 32.0 Å². The Hall–Kier alpha value is -1.08. The van der Waals surface area contributed by atoms with Gasteiger partial charge in [-0.1, -0.05) is 29.3 Å². The lowest BCUT2D eigenvalue weighted by Gasteiger charge is -1.98. The Morgan fingerprint density at radius 2 is 2.14 bits per heavy atom. The van der Waals surface area contributed by atoms with Crippen LogP contribution in [0.5, 0.6) is 0 Å². The fourth-order valence-corrected chi connectivity index (χ4v) is 1.43. The van der Waals surface area contributed by atoms with Crippen LogP contribution < -0.4 is 0 Å². The number of allylic oxidation sites excluding steroid dienone is 2. The number of rotatable bonds is 3. The van der Waals surface area contributed by atoms with Crippen molar-refractivity contribution in [3.05, 3.63) is 46.5 Å². The summed E-state index contributed by atoms with van der Waals surface area (Å²) in [5.74, 6) is 0.118. The van der Waals surface area contributed by atoms with E-state index in [1.165, 1.54) is 0 Å². The van der Waals surface area contributed by atoms with Crippen LogP contribution in [0.4, 0.5) is 0 Å². The van der Waals surface area contributed by atoms with Crippen molar-refractivity contribution in [1.29, 1.82) is 0 Å². The number of hydrogen-bond acceptors (Lipinski definition) is 1. The minimum Gasteiger partial charge on any atom is -0.294 e. The molecule has 74 valence electrons. The maximum Gasteiger partial charge on any atom is 0.159 e. The largest absolute Gasteiger partial charge is 0.294 e. The van der Waals surface area contributed by atoms with Gasteiger partial charge in [-0.25, -0.2) is 0 Å². The molecule has 0 N–H and O–H groups in total. The Labute approximate surface area is 89.4 Å². The zero-order valence-corrected chi connectivity index (χ0v) is 9.14. The van der Waals surface area contributed by atoms with Gasteiger partial charge < -0.3 is 0 Å². The van der Waals surface area contributed by atoms with Crippen LogP contribution in [0.3, 0.4) is 0 Å². The molecule has 0 atom stereocenters. The molecule has 0 spiro atoms. The van der Waals surface area contributed by atoms with Crippen LogP contribution in [0.25, 0.3) is 0 Å². The van der Waals surface area contributed by atoms with Crippen molar-refractivity contribution in [3.63, 3.8) is 0 Å². The number of hydrogen-bond donors (Lipinski definition) is 0. The molecule has 0 aromatic heterocycles. The second kappa shape index (κ2) is 4.97. The van der Waals surface area contributed by atoms with Gasteiger partial charge >= 0.3 is 0 Å². The summed E-state index contributed by atoms with van der Waals surface area (Å²) in [6.07, 6.45) is 2.08. The van der Waals surface area contributed by atoms with Crippen molar-refractivity contribution < 1.29 is 4.79 Å². The molecule has 14 heavy (non-hydrogen) atoms. The van der Waals surface area contributed by atoms with Crippen molar-refractivity contribution in [1.82, 2.24) is 0 Å². The van der Waals surface area contributed by atoms with Gasteiger partial charge in [-0.3, -0.25) is 4.79 Å². The quantitative estimate of drug-likeness (QED) is 0.696. The van der Waals surface area contributed by atoms with Crippen molar-refractivity contribution in [2.75, 3.05) is 0 Å². The first-order chi connectivity index (χ1) is 6.58. The Balaban J connectivity index is 2.70. The molecule has 0 saturated heterocycles. The molecule has 0 aliphatic heterocycles. The predicted molar refractivity (Wildman–Crippen MR) is 59.6 cm³/mol. The summed E-state index contributed by atoms with van der Waals surface area (Å²) < 4.78 is 0. The van der Waals surface area contributed by atoms with E-state index in [2.05, 4.69) is 0 Å². The first-order valence-electron chi connectivity index (χ1n) is 4.50. The number of ketones is 1. The Morgan fingerprint density at radius 1 is 1.43 bits per heavy atom. The van der Waals surface area contributed by atoms with Crippen LogP contribution >= 0.6 is 11.6 Å². The summed E-state index contributed by atoms with van der Waals surface area (Å²) in [5.41, 5.74) is 1.98. The molecule has 0 aliphatic carbocycles. The molecule has 0 aliphatic rings. The molecular weight excluding hydrogens is 196 g/mol. The molecule has 2 heteroatoms. The smallest absolute Gasteiger partial charge is 0.159 e. The van der Waals surface area contributed by atoms with Gasteiger partial charge in [0.1, 0.15) is 0 Å². The number of benzene rings is 1. The summed E-state index contributed by atoms with van der Waals surface area (Å²) in [5, 5.41) is 0.674. The third kappa shape index (κ3) is 3.75. The van der Waals surface area contributed by atoms with Gasteiger partial charge in [0.25, 0.3) is 0 Å². The first kappa shape index (κ1) is 11.0. The molecule has 0 saturated carbocycles. The van der Waals surface area contributed by atoms with Crippen molar-refractivity contribution in [3.8, 4) is 0 Å². The number of halogens is 1. The van der Waals surface area contributed by atoms with Crippen molar-refractivity contribution in [2.45, 2.75) is 20.3 Å². The van der Waals surface area contributed by atoms with E-state index in [4.69, 9.17) is 11.6 Å². The minimum atomic E-state index is 0.118. The van der Waals surface area contributed by atoms with E-state index in [9.17, 15) is 4.79 Å². The monoisotopic (exact) mass is 208 g/mol. The lowest BCUT2D eigenvalue weighted by Crippen LogP contribution is -1.98. The van der Waals surface area contributed by atoms with Gasteiger partial charge in [-0.2, -0.15) is 0 Å². The van der Waals surface area contributed by atoms with Gasteiger partial charge in [0, 0.05) is 11.4 Å². The van der Waals surface area contributed by atoms with Crippen LogP contribution in [0, 0.1) is 0 Å². The average Bonchev–Trinajstić information content (AvgIpc) is 2.01. The molecule has 0 fully saturated rings. The maximum absolute atomic E-state index is 11.4. The highest BCUT2D eigenvalue weighted by atomic mass is 35.5. The average molecular weight is 209 g/mol. The van der Waals surface area contributed by atoms with E-state index in [-0.39, 0.29) is 5.78 Å². The van der Waals surface area contributed by atoms with Gasteiger partial charge in [0.2, 0.25) is 0 Å². The van der Waals surface area contributed by atoms with Gasteiger partial charge in [-0.05, 0) is 37.6 Å². The van der Waals surface area contributed by atoms with E-state index in [1.54, 1.807) is 12.1 Å². The third-order valence-electron chi connectivity index (χ3n) is 1.72. The van der Waals surface area contributed by atoms with Gasteiger partial charge in [-0.15, -0.1) is 0 Å². The first-order valence-corrected chi connectivity index (χ1v) is 4.88. The molecule has 0 heterocycles. The van der Waals surface area contributed by atoms with Crippen LogP contribution in [0.2, 0.25) is 5.02 Å². The zero-order valence-electron chi connectivity index (χ0n) is 8.38. The normalized spacial score (nSPS) is 9.64. The lowest BCUT2D eigenvalue weighted by molar-refractivity contribution is -0.114. The number of carbonyl (C=O) groups is 1. The summed E-state index contributed by atoms with van der Waals surface area (Å²) in [6, 6.07) is 7.38.